The summed E-state index contributed by atoms with van der Waals surface area (Å²) in [7, 11) is -1.63. The molecule has 52 heavy (non-hydrogen) atoms. The summed E-state index contributed by atoms with van der Waals surface area (Å²) in [6.45, 7) is 6.69. The number of halogens is 3. The summed E-state index contributed by atoms with van der Waals surface area (Å²) in [5, 5.41) is 0. The van der Waals surface area contributed by atoms with Gasteiger partial charge in [-0.25, -0.2) is 13.2 Å². The summed E-state index contributed by atoms with van der Waals surface area (Å²) in [6, 6.07) is 15.1. The van der Waals surface area contributed by atoms with Gasteiger partial charge in [0, 0.05) is 0 Å². The number of hydrogen-bond acceptors (Lipinski definition) is 3. The molecule has 3 aliphatic carbocycles. The van der Waals surface area contributed by atoms with E-state index in [4.69, 9.17) is 14.0 Å². The van der Waals surface area contributed by atoms with Crippen molar-refractivity contribution in [3.63, 3.8) is 0 Å². The molecular formula is C45H60BF3O3. The van der Waals surface area contributed by atoms with E-state index in [0.29, 0.717) is 17.8 Å². The fourth-order valence-electron chi connectivity index (χ4n) is 9.56. The third kappa shape index (κ3) is 10.1. The molecule has 0 aromatic heterocycles. The molecule has 0 bridgehead atoms. The van der Waals surface area contributed by atoms with Crippen LogP contribution in [0.5, 0.6) is 17.2 Å². The van der Waals surface area contributed by atoms with Crippen molar-refractivity contribution in [3.05, 3.63) is 88.7 Å². The Bertz CT molecular complexity index is 1370. The molecule has 0 amide bonds. The van der Waals surface area contributed by atoms with Gasteiger partial charge in [-0.2, -0.15) is 0 Å². The lowest BCUT2D eigenvalue weighted by atomic mass is 9.77. The fraction of sp³-hybridized carbons (Fsp3) is 0.600. The first-order valence-corrected chi connectivity index (χ1v) is 20.7. The Labute approximate surface area is 311 Å². The zero-order valence-corrected chi connectivity index (χ0v) is 31.8. The Morgan fingerprint density at radius 3 is 0.942 bits per heavy atom. The van der Waals surface area contributed by atoms with Crippen molar-refractivity contribution in [2.75, 3.05) is 0 Å². The lowest BCUT2D eigenvalue weighted by molar-refractivity contribution is 0.286. The molecule has 3 nitrogen and oxygen atoms in total. The smallest absolute Gasteiger partial charge is 0.487 e. The van der Waals surface area contributed by atoms with E-state index in [-0.39, 0.29) is 17.2 Å². The van der Waals surface area contributed by atoms with E-state index in [0.717, 1.165) is 111 Å². The van der Waals surface area contributed by atoms with Crippen molar-refractivity contribution < 1.29 is 27.1 Å². The van der Waals surface area contributed by atoms with Gasteiger partial charge >= 0.3 is 7.32 Å². The van der Waals surface area contributed by atoms with Crippen LogP contribution in [0.2, 0.25) is 0 Å². The number of benzene rings is 3. The molecule has 3 aromatic rings. The topological polar surface area (TPSA) is 27.7 Å². The highest BCUT2D eigenvalue weighted by Gasteiger charge is 2.35. The molecule has 0 atom stereocenters. The summed E-state index contributed by atoms with van der Waals surface area (Å²) in [5.41, 5.74) is 2.86. The van der Waals surface area contributed by atoms with E-state index < -0.39 is 24.8 Å². The summed E-state index contributed by atoms with van der Waals surface area (Å²) in [6.07, 6.45) is 20.6. The van der Waals surface area contributed by atoms with E-state index in [1.807, 2.05) is 18.2 Å². The predicted molar refractivity (Wildman–Crippen MR) is 206 cm³/mol. The zero-order valence-electron chi connectivity index (χ0n) is 31.8. The standard InChI is InChI=1S/C45H60BF3O3/c1-4-7-31-10-16-34(17-11-31)37-22-25-43(40(47)28-37)50-46(51-44-26-23-38(29-41(44)48)35-18-12-32(8-5-2)13-19-35)52-45-27-24-39(30-42(45)49)36-20-14-33(9-6-3)15-21-36/h22-36H,4-21H2,1-3H3. The maximum Gasteiger partial charge on any atom is 0.864 e. The van der Waals surface area contributed by atoms with Crippen molar-refractivity contribution in [2.24, 2.45) is 17.8 Å². The van der Waals surface area contributed by atoms with Crippen LogP contribution in [-0.4, -0.2) is 7.32 Å². The monoisotopic (exact) mass is 716 g/mol. The van der Waals surface area contributed by atoms with Crippen LogP contribution < -0.4 is 14.0 Å². The third-order valence-electron chi connectivity index (χ3n) is 12.6. The van der Waals surface area contributed by atoms with Crippen LogP contribution in [0.4, 0.5) is 13.2 Å². The van der Waals surface area contributed by atoms with Gasteiger partial charge in [-0.1, -0.05) is 77.5 Å². The van der Waals surface area contributed by atoms with E-state index in [2.05, 4.69) is 20.8 Å². The molecule has 7 heteroatoms. The molecule has 3 aliphatic rings. The molecule has 3 fully saturated rings. The van der Waals surface area contributed by atoms with Gasteiger partial charge in [0.25, 0.3) is 0 Å². The number of hydrogen-bond donors (Lipinski definition) is 0. The first kappa shape index (κ1) is 38.6. The maximum atomic E-state index is 15.7. The van der Waals surface area contributed by atoms with Gasteiger partial charge in [0.15, 0.2) is 17.5 Å². The molecule has 0 unspecified atom stereocenters. The van der Waals surface area contributed by atoms with Gasteiger partial charge in [-0.15, -0.1) is 0 Å². The maximum absolute atomic E-state index is 15.7. The van der Waals surface area contributed by atoms with Gasteiger partial charge in [-0.3, -0.25) is 0 Å². The second kappa shape index (κ2) is 18.8. The molecule has 3 aromatic carbocycles. The fourth-order valence-corrected chi connectivity index (χ4v) is 9.56. The Kier molecular flexibility index (Phi) is 14.0. The van der Waals surface area contributed by atoms with Gasteiger partial charge < -0.3 is 14.0 Å². The Morgan fingerprint density at radius 2 is 0.712 bits per heavy atom. The molecule has 282 valence electrons. The van der Waals surface area contributed by atoms with Crippen LogP contribution in [0.1, 0.15) is 171 Å². The largest absolute Gasteiger partial charge is 0.864 e. The molecule has 0 aliphatic heterocycles. The predicted octanol–water partition coefficient (Wildman–Crippen LogP) is 13.8. The number of rotatable bonds is 15. The van der Waals surface area contributed by atoms with Crippen LogP contribution in [0, 0.1) is 35.2 Å². The molecule has 0 heterocycles. The van der Waals surface area contributed by atoms with Gasteiger partial charge in [0.1, 0.15) is 17.2 Å². The lowest BCUT2D eigenvalue weighted by Crippen LogP contribution is -2.37. The van der Waals surface area contributed by atoms with Crippen molar-refractivity contribution in [1.82, 2.24) is 0 Å². The molecule has 0 spiro atoms. The van der Waals surface area contributed by atoms with E-state index in [9.17, 15) is 0 Å². The highest BCUT2D eigenvalue weighted by Crippen LogP contribution is 2.41. The van der Waals surface area contributed by atoms with Gasteiger partial charge in [0.05, 0.1) is 0 Å². The highest BCUT2D eigenvalue weighted by atomic mass is 19.1. The summed E-state index contributed by atoms with van der Waals surface area (Å²) >= 11 is 0. The average molecular weight is 717 g/mol. The van der Waals surface area contributed by atoms with Crippen LogP contribution in [0.3, 0.4) is 0 Å². The van der Waals surface area contributed by atoms with Crippen LogP contribution in [0.15, 0.2) is 54.6 Å². The van der Waals surface area contributed by atoms with Crippen molar-refractivity contribution in [3.8, 4) is 17.2 Å². The van der Waals surface area contributed by atoms with Crippen LogP contribution >= 0.6 is 0 Å². The van der Waals surface area contributed by atoms with E-state index >= 15 is 13.2 Å². The molecule has 0 saturated heterocycles. The summed E-state index contributed by atoms with van der Waals surface area (Å²) in [5.74, 6) is 1.30. The normalized spacial score (nSPS) is 25.0. The average Bonchev–Trinajstić information content (AvgIpc) is 3.15. The Morgan fingerprint density at radius 1 is 0.442 bits per heavy atom. The van der Waals surface area contributed by atoms with Gasteiger partial charge in [0.2, 0.25) is 0 Å². The molecule has 6 rings (SSSR count). The molecule has 0 N–H and O–H groups in total. The minimum absolute atomic E-state index is 0.0878. The summed E-state index contributed by atoms with van der Waals surface area (Å²) in [4.78, 5) is 0. The second-order valence-electron chi connectivity index (χ2n) is 16.2. The van der Waals surface area contributed by atoms with Crippen molar-refractivity contribution >= 4 is 7.32 Å². The first-order chi connectivity index (χ1) is 25.3. The lowest BCUT2D eigenvalue weighted by Gasteiger charge is -2.29. The van der Waals surface area contributed by atoms with Crippen molar-refractivity contribution in [1.29, 1.82) is 0 Å². The second-order valence-corrected chi connectivity index (χ2v) is 16.2. The molecular weight excluding hydrogens is 656 g/mol. The molecule has 3 saturated carbocycles. The zero-order chi connectivity index (χ0) is 36.5. The molecule has 0 radical (unpaired) electrons. The Balaban J connectivity index is 1.17. The SMILES string of the molecule is CCCC1CCC(c2ccc(OB(Oc3ccc(C4CCC(CCC)CC4)cc3F)Oc3ccc(C4CCC(CCC)CC4)cc3F)c(F)c2)CC1. The highest BCUT2D eigenvalue weighted by molar-refractivity contribution is 6.39. The van der Waals surface area contributed by atoms with E-state index in [1.165, 1.54) is 56.7 Å². The quantitative estimate of drug-likeness (QED) is 0.147. The van der Waals surface area contributed by atoms with Crippen molar-refractivity contribution in [2.45, 2.75) is 154 Å². The third-order valence-corrected chi connectivity index (χ3v) is 12.6. The van der Waals surface area contributed by atoms with Crippen LogP contribution in [-0.2, 0) is 0 Å². The minimum atomic E-state index is -1.63. The van der Waals surface area contributed by atoms with E-state index in [1.54, 1.807) is 18.2 Å². The minimum Gasteiger partial charge on any atom is -0.487 e. The van der Waals surface area contributed by atoms with Gasteiger partial charge in [-0.05, 0) is 166 Å². The van der Waals surface area contributed by atoms with Crippen LogP contribution in [0.25, 0.3) is 0 Å². The first-order valence-electron chi connectivity index (χ1n) is 20.7. The summed E-state index contributed by atoms with van der Waals surface area (Å²) < 4.78 is 64.9. The Hall–Kier alpha value is -3.09.